The Balaban J connectivity index is 1.48. The van der Waals surface area contributed by atoms with Crippen molar-refractivity contribution in [3.8, 4) is 11.5 Å². The van der Waals surface area contributed by atoms with Crippen molar-refractivity contribution in [1.82, 2.24) is 0 Å². The average molecular weight is 437 g/mol. The Labute approximate surface area is 183 Å². The lowest BCUT2D eigenvalue weighted by atomic mass is 10.1. The molecule has 0 aromatic heterocycles. The zero-order valence-electron chi connectivity index (χ0n) is 16.4. The van der Waals surface area contributed by atoms with E-state index in [4.69, 9.17) is 21.1 Å². The van der Waals surface area contributed by atoms with Crippen LogP contribution in [0.4, 0.5) is 11.4 Å². The van der Waals surface area contributed by atoms with E-state index in [1.54, 1.807) is 66.7 Å². The minimum absolute atomic E-state index is 0.204. The molecule has 0 aliphatic carbocycles. The third-order valence-electron chi connectivity index (χ3n) is 4.68. The molecule has 0 unspecified atom stereocenters. The molecular weight excluding hydrogens is 420 g/mol. The van der Waals surface area contributed by atoms with E-state index in [1.165, 1.54) is 7.11 Å². The van der Waals surface area contributed by atoms with Crippen LogP contribution in [0.5, 0.6) is 11.5 Å². The Kier molecular flexibility index (Phi) is 5.60. The lowest BCUT2D eigenvalue weighted by Gasteiger charge is -2.18. The highest BCUT2D eigenvalue weighted by molar-refractivity contribution is 6.34. The van der Waals surface area contributed by atoms with Gasteiger partial charge in [-0.3, -0.25) is 14.4 Å². The molecule has 1 aliphatic rings. The fourth-order valence-electron chi connectivity index (χ4n) is 3.22. The van der Waals surface area contributed by atoms with Crippen LogP contribution >= 0.6 is 11.6 Å². The molecule has 0 saturated carbocycles. The van der Waals surface area contributed by atoms with E-state index in [2.05, 4.69) is 5.32 Å². The maximum atomic E-state index is 12.7. The average Bonchev–Trinajstić information content (AvgIpc) is 3.03. The molecule has 3 aromatic rings. The summed E-state index contributed by atoms with van der Waals surface area (Å²) in [6, 6.07) is 18.0. The van der Waals surface area contributed by atoms with Crippen LogP contribution in [0.2, 0.25) is 5.02 Å². The summed E-state index contributed by atoms with van der Waals surface area (Å²) in [5.74, 6) is -0.450. The highest BCUT2D eigenvalue weighted by atomic mass is 35.5. The SMILES string of the molecule is COc1cc(NC(=O)COc2ccc(Cl)cc2)ccc1N1C(=O)c2ccccc2C1=O. The summed E-state index contributed by atoms with van der Waals surface area (Å²) >= 11 is 5.82. The van der Waals surface area contributed by atoms with Gasteiger partial charge in [0, 0.05) is 16.8 Å². The Bertz CT molecular complexity index is 1140. The molecule has 156 valence electrons. The van der Waals surface area contributed by atoms with Crippen LogP contribution in [-0.4, -0.2) is 31.4 Å². The maximum Gasteiger partial charge on any atom is 0.266 e. The van der Waals surface area contributed by atoms with Crippen molar-refractivity contribution in [2.45, 2.75) is 0 Å². The molecule has 0 atom stereocenters. The first-order valence-corrected chi connectivity index (χ1v) is 9.70. The summed E-state index contributed by atoms with van der Waals surface area (Å²) in [6.45, 7) is -0.204. The zero-order chi connectivity index (χ0) is 22.0. The Morgan fingerprint density at radius 3 is 2.23 bits per heavy atom. The summed E-state index contributed by atoms with van der Waals surface area (Å²) in [6.07, 6.45) is 0. The van der Waals surface area contributed by atoms with E-state index < -0.39 is 11.8 Å². The number of ether oxygens (including phenoxy) is 2. The molecule has 0 radical (unpaired) electrons. The zero-order valence-corrected chi connectivity index (χ0v) is 17.2. The molecule has 0 spiro atoms. The predicted octanol–water partition coefficient (Wildman–Crippen LogP) is 4.17. The highest BCUT2D eigenvalue weighted by Gasteiger charge is 2.37. The second-order valence-corrected chi connectivity index (χ2v) is 7.11. The predicted molar refractivity (Wildman–Crippen MR) is 116 cm³/mol. The Hall–Kier alpha value is -3.84. The molecule has 1 heterocycles. The van der Waals surface area contributed by atoms with Crippen LogP contribution < -0.4 is 19.7 Å². The van der Waals surface area contributed by atoms with Gasteiger partial charge in [-0.1, -0.05) is 23.7 Å². The van der Waals surface area contributed by atoms with Gasteiger partial charge in [-0.05, 0) is 48.5 Å². The number of amides is 3. The smallest absolute Gasteiger partial charge is 0.266 e. The third kappa shape index (κ3) is 4.08. The molecule has 31 heavy (non-hydrogen) atoms. The van der Waals surface area contributed by atoms with Gasteiger partial charge in [0.25, 0.3) is 17.7 Å². The first-order valence-electron chi connectivity index (χ1n) is 9.32. The van der Waals surface area contributed by atoms with Crippen molar-refractivity contribution in [2.24, 2.45) is 0 Å². The van der Waals surface area contributed by atoms with Crippen molar-refractivity contribution in [3.05, 3.63) is 82.9 Å². The number of hydrogen-bond acceptors (Lipinski definition) is 5. The number of rotatable bonds is 6. The van der Waals surface area contributed by atoms with E-state index in [9.17, 15) is 14.4 Å². The molecule has 4 rings (SSSR count). The Morgan fingerprint density at radius 1 is 0.968 bits per heavy atom. The number of carbonyl (C=O) groups is 3. The van der Waals surface area contributed by atoms with Crippen molar-refractivity contribution < 1.29 is 23.9 Å². The normalized spacial score (nSPS) is 12.5. The van der Waals surface area contributed by atoms with Crippen LogP contribution in [0.25, 0.3) is 0 Å². The van der Waals surface area contributed by atoms with Gasteiger partial charge in [0.15, 0.2) is 6.61 Å². The van der Waals surface area contributed by atoms with Gasteiger partial charge in [-0.15, -0.1) is 0 Å². The number of carbonyl (C=O) groups excluding carboxylic acids is 3. The third-order valence-corrected chi connectivity index (χ3v) is 4.93. The lowest BCUT2D eigenvalue weighted by Crippen LogP contribution is -2.29. The number of anilines is 2. The summed E-state index contributed by atoms with van der Waals surface area (Å²) in [5, 5.41) is 3.27. The highest BCUT2D eigenvalue weighted by Crippen LogP contribution is 2.36. The van der Waals surface area contributed by atoms with Crippen LogP contribution in [-0.2, 0) is 4.79 Å². The number of nitrogens with zero attached hydrogens (tertiary/aromatic N) is 1. The summed E-state index contributed by atoms with van der Waals surface area (Å²) in [4.78, 5) is 38.8. The van der Waals surface area contributed by atoms with Crippen molar-refractivity contribution in [1.29, 1.82) is 0 Å². The van der Waals surface area contributed by atoms with Crippen LogP contribution in [0.3, 0.4) is 0 Å². The lowest BCUT2D eigenvalue weighted by molar-refractivity contribution is -0.118. The van der Waals surface area contributed by atoms with Gasteiger partial charge in [-0.25, -0.2) is 4.90 Å². The monoisotopic (exact) mass is 436 g/mol. The number of methoxy groups -OCH3 is 1. The molecular formula is C23H17ClN2O5. The fourth-order valence-corrected chi connectivity index (χ4v) is 3.35. The van der Waals surface area contributed by atoms with Crippen LogP contribution in [0.15, 0.2) is 66.7 Å². The van der Waals surface area contributed by atoms with Gasteiger partial charge < -0.3 is 14.8 Å². The molecule has 3 aromatic carbocycles. The number of imide groups is 1. The summed E-state index contributed by atoms with van der Waals surface area (Å²) in [7, 11) is 1.42. The number of fused-ring (bicyclic) bond motifs is 1. The molecule has 0 fully saturated rings. The van der Waals surface area contributed by atoms with Crippen molar-refractivity contribution in [3.63, 3.8) is 0 Å². The maximum absolute atomic E-state index is 12.7. The quantitative estimate of drug-likeness (QED) is 0.586. The molecule has 3 amide bonds. The topological polar surface area (TPSA) is 84.9 Å². The number of halogens is 1. The minimum atomic E-state index is -0.424. The summed E-state index contributed by atoms with van der Waals surface area (Å²) in [5.41, 5.74) is 1.41. The second-order valence-electron chi connectivity index (χ2n) is 6.67. The van der Waals surface area contributed by atoms with E-state index in [1.807, 2.05) is 0 Å². The van der Waals surface area contributed by atoms with Gasteiger partial charge in [-0.2, -0.15) is 0 Å². The van der Waals surface area contributed by atoms with E-state index in [0.29, 0.717) is 33.3 Å². The second kappa shape index (κ2) is 8.49. The van der Waals surface area contributed by atoms with Crippen molar-refractivity contribution >= 4 is 40.7 Å². The van der Waals surface area contributed by atoms with E-state index >= 15 is 0 Å². The van der Waals surface area contributed by atoms with Crippen molar-refractivity contribution in [2.75, 3.05) is 23.9 Å². The Morgan fingerprint density at radius 2 is 1.61 bits per heavy atom. The van der Waals surface area contributed by atoms with Crippen LogP contribution in [0, 0.1) is 0 Å². The van der Waals surface area contributed by atoms with E-state index in [-0.39, 0.29) is 18.3 Å². The van der Waals surface area contributed by atoms with Crippen LogP contribution in [0.1, 0.15) is 20.7 Å². The number of benzene rings is 3. The van der Waals surface area contributed by atoms with Gasteiger partial charge in [0.2, 0.25) is 0 Å². The molecule has 0 saturated heterocycles. The largest absolute Gasteiger partial charge is 0.494 e. The molecule has 0 bridgehead atoms. The number of nitrogens with one attached hydrogen (secondary N) is 1. The molecule has 7 nitrogen and oxygen atoms in total. The minimum Gasteiger partial charge on any atom is -0.494 e. The summed E-state index contributed by atoms with van der Waals surface area (Å²) < 4.78 is 10.8. The molecule has 1 aliphatic heterocycles. The van der Waals surface area contributed by atoms with Gasteiger partial charge in [0.1, 0.15) is 11.5 Å². The molecule has 1 N–H and O–H groups in total. The number of hydrogen-bond donors (Lipinski definition) is 1. The standard InChI is InChI=1S/C23H17ClN2O5/c1-30-20-12-15(25-21(27)13-31-16-9-6-14(24)7-10-16)8-11-19(20)26-22(28)17-4-2-3-5-18(17)23(26)29/h2-12H,13H2,1H3,(H,25,27). The van der Waals surface area contributed by atoms with Gasteiger partial charge in [0.05, 0.1) is 23.9 Å². The molecule has 8 heteroatoms. The van der Waals surface area contributed by atoms with Gasteiger partial charge >= 0.3 is 0 Å². The first kappa shape index (κ1) is 20.4. The van der Waals surface area contributed by atoms with E-state index in [0.717, 1.165) is 4.90 Å². The first-order chi connectivity index (χ1) is 15.0. The fraction of sp³-hybridized carbons (Fsp3) is 0.0870.